The zero-order chi connectivity index (χ0) is 6.69. The third-order valence-electron chi connectivity index (χ3n) is 0.780. The molecule has 1 N–H and O–H groups in total. The van der Waals surface area contributed by atoms with Gasteiger partial charge in [0.05, 0.1) is 6.54 Å². The van der Waals surface area contributed by atoms with Crippen LogP contribution < -0.4 is 0 Å². The maximum absolute atomic E-state index is 10.1. The topological polar surface area (TPSA) is 65.3 Å². The van der Waals surface area contributed by atoms with Gasteiger partial charge in [0.2, 0.25) is 0 Å². The molecule has 0 radical (unpaired) electrons. The molecule has 1 aliphatic rings. The second-order valence-electron chi connectivity index (χ2n) is 1.41. The highest BCUT2D eigenvalue weighted by Gasteiger charge is 2.06. The van der Waals surface area contributed by atoms with Crippen molar-refractivity contribution in [1.82, 2.24) is 5.01 Å². The van der Waals surface area contributed by atoms with Crippen LogP contribution in [0.5, 0.6) is 0 Å². The van der Waals surface area contributed by atoms with E-state index < -0.39 is 6.09 Å². The van der Waals surface area contributed by atoms with Crippen molar-refractivity contribution in [2.75, 3.05) is 6.54 Å². The molecular formula is C4H5N3O2. The van der Waals surface area contributed by atoms with Crippen molar-refractivity contribution in [2.45, 2.75) is 0 Å². The summed E-state index contributed by atoms with van der Waals surface area (Å²) >= 11 is 0. The molecule has 1 aliphatic heterocycles. The van der Waals surface area contributed by atoms with Gasteiger partial charge in [-0.2, -0.15) is 10.1 Å². The summed E-state index contributed by atoms with van der Waals surface area (Å²) in [6, 6.07) is 0. The lowest BCUT2D eigenvalue weighted by molar-refractivity contribution is 0.171. The van der Waals surface area contributed by atoms with Crippen LogP contribution in [0.3, 0.4) is 0 Å². The summed E-state index contributed by atoms with van der Waals surface area (Å²) in [4.78, 5) is 13.7. The Bertz CT molecular complexity index is 163. The largest absolute Gasteiger partial charge is 0.463 e. The Kier molecular flexibility index (Phi) is 1.44. The van der Waals surface area contributed by atoms with Gasteiger partial charge in [0.15, 0.2) is 0 Å². The molecule has 5 nitrogen and oxygen atoms in total. The normalized spacial score (nSPS) is 16.2. The SMILES string of the molecule is O=C(O)N1C=NCC=N1. The van der Waals surface area contributed by atoms with Crippen LogP contribution in [-0.2, 0) is 0 Å². The third-order valence-corrected chi connectivity index (χ3v) is 0.780. The summed E-state index contributed by atoms with van der Waals surface area (Å²) in [5.74, 6) is 0. The fourth-order valence-corrected chi connectivity index (χ4v) is 0.425. The van der Waals surface area contributed by atoms with Gasteiger partial charge in [-0.3, -0.25) is 4.99 Å². The van der Waals surface area contributed by atoms with Crippen LogP contribution in [0.1, 0.15) is 0 Å². The van der Waals surface area contributed by atoms with Gasteiger partial charge < -0.3 is 5.11 Å². The summed E-state index contributed by atoms with van der Waals surface area (Å²) in [5, 5.41) is 12.5. The molecule has 0 atom stereocenters. The Morgan fingerprint density at radius 2 is 2.56 bits per heavy atom. The number of carboxylic acid groups (broad SMARTS) is 1. The molecule has 1 heterocycles. The number of nitrogens with zero attached hydrogens (tertiary/aromatic N) is 3. The van der Waals surface area contributed by atoms with E-state index in [4.69, 9.17) is 5.11 Å². The quantitative estimate of drug-likeness (QED) is 0.497. The number of aliphatic imine (C=N–C) groups is 1. The van der Waals surface area contributed by atoms with E-state index in [2.05, 4.69) is 10.1 Å². The molecule has 0 aromatic rings. The van der Waals surface area contributed by atoms with Gasteiger partial charge in [0.1, 0.15) is 6.34 Å². The van der Waals surface area contributed by atoms with E-state index in [9.17, 15) is 4.79 Å². The molecule has 9 heavy (non-hydrogen) atoms. The van der Waals surface area contributed by atoms with Gasteiger partial charge in [0, 0.05) is 6.21 Å². The minimum absolute atomic E-state index is 0.462. The molecule has 5 heteroatoms. The van der Waals surface area contributed by atoms with Crippen LogP contribution in [0, 0.1) is 0 Å². The van der Waals surface area contributed by atoms with Crippen LogP contribution in [-0.4, -0.2) is 35.3 Å². The zero-order valence-electron chi connectivity index (χ0n) is 4.56. The number of carbonyl (C=O) groups is 1. The highest BCUT2D eigenvalue weighted by atomic mass is 16.4. The molecule has 0 saturated carbocycles. The first kappa shape index (κ1) is 5.74. The smallest absolute Gasteiger partial charge is 0.433 e. The Morgan fingerprint density at radius 3 is 2.89 bits per heavy atom. The molecule has 0 aliphatic carbocycles. The van der Waals surface area contributed by atoms with Gasteiger partial charge >= 0.3 is 6.09 Å². The fraction of sp³-hybridized carbons (Fsp3) is 0.250. The zero-order valence-corrected chi connectivity index (χ0v) is 4.56. The second-order valence-corrected chi connectivity index (χ2v) is 1.41. The molecule has 0 fully saturated rings. The first-order valence-corrected chi connectivity index (χ1v) is 2.35. The lowest BCUT2D eigenvalue weighted by Crippen LogP contribution is -2.24. The molecule has 0 aromatic heterocycles. The van der Waals surface area contributed by atoms with Crippen molar-refractivity contribution >= 4 is 18.6 Å². The predicted octanol–water partition coefficient (Wildman–Crippen LogP) is -0.00590. The highest BCUT2D eigenvalue weighted by Crippen LogP contribution is 1.88. The molecule has 0 saturated heterocycles. The average molecular weight is 127 g/mol. The van der Waals surface area contributed by atoms with Crippen molar-refractivity contribution < 1.29 is 9.90 Å². The van der Waals surface area contributed by atoms with E-state index in [0.717, 1.165) is 5.01 Å². The van der Waals surface area contributed by atoms with Crippen LogP contribution >= 0.6 is 0 Å². The van der Waals surface area contributed by atoms with Crippen LogP contribution in [0.4, 0.5) is 4.79 Å². The van der Waals surface area contributed by atoms with E-state index in [0.29, 0.717) is 6.54 Å². The Morgan fingerprint density at radius 1 is 1.78 bits per heavy atom. The van der Waals surface area contributed by atoms with Crippen molar-refractivity contribution in [3.63, 3.8) is 0 Å². The van der Waals surface area contributed by atoms with Gasteiger partial charge in [-0.25, -0.2) is 4.79 Å². The van der Waals surface area contributed by atoms with Crippen molar-refractivity contribution in [2.24, 2.45) is 10.1 Å². The van der Waals surface area contributed by atoms with Gasteiger partial charge in [-0.1, -0.05) is 0 Å². The molecule has 0 aromatic carbocycles. The minimum Gasteiger partial charge on any atom is -0.463 e. The molecule has 48 valence electrons. The lowest BCUT2D eigenvalue weighted by Gasteiger charge is -2.07. The molecular weight excluding hydrogens is 122 g/mol. The average Bonchev–Trinajstić information content (AvgIpc) is 1.90. The predicted molar refractivity (Wildman–Crippen MR) is 31.7 cm³/mol. The fourth-order valence-electron chi connectivity index (χ4n) is 0.425. The van der Waals surface area contributed by atoms with E-state index in [1.165, 1.54) is 12.6 Å². The number of amides is 1. The molecule has 0 spiro atoms. The lowest BCUT2D eigenvalue weighted by atomic mass is 10.7. The maximum Gasteiger partial charge on any atom is 0.433 e. The van der Waals surface area contributed by atoms with Crippen LogP contribution in [0.2, 0.25) is 0 Å². The summed E-state index contributed by atoms with van der Waals surface area (Å²) in [6.45, 7) is 0.462. The molecule has 1 amide bonds. The Hall–Kier alpha value is -1.39. The number of hydrazone groups is 1. The van der Waals surface area contributed by atoms with E-state index in [1.807, 2.05) is 0 Å². The van der Waals surface area contributed by atoms with Gasteiger partial charge in [-0.15, -0.1) is 0 Å². The van der Waals surface area contributed by atoms with Crippen LogP contribution in [0.15, 0.2) is 10.1 Å². The first-order chi connectivity index (χ1) is 4.30. The molecule has 1 rings (SSSR count). The monoisotopic (exact) mass is 127 g/mol. The Labute approximate surface area is 51.3 Å². The Balaban J connectivity index is 2.60. The molecule has 0 bridgehead atoms. The van der Waals surface area contributed by atoms with E-state index in [1.54, 1.807) is 0 Å². The third kappa shape index (κ3) is 1.25. The summed E-state index contributed by atoms with van der Waals surface area (Å²) in [7, 11) is 0. The number of hydrogen-bond donors (Lipinski definition) is 1. The van der Waals surface area contributed by atoms with Crippen molar-refractivity contribution in [3.05, 3.63) is 0 Å². The first-order valence-electron chi connectivity index (χ1n) is 2.35. The van der Waals surface area contributed by atoms with Gasteiger partial charge in [0.25, 0.3) is 0 Å². The van der Waals surface area contributed by atoms with Crippen molar-refractivity contribution in [1.29, 1.82) is 0 Å². The number of rotatable bonds is 0. The van der Waals surface area contributed by atoms with E-state index >= 15 is 0 Å². The summed E-state index contributed by atoms with van der Waals surface area (Å²) in [5.41, 5.74) is 0. The summed E-state index contributed by atoms with van der Waals surface area (Å²) < 4.78 is 0. The number of hydrogen-bond acceptors (Lipinski definition) is 3. The highest BCUT2D eigenvalue weighted by molar-refractivity contribution is 5.84. The summed E-state index contributed by atoms with van der Waals surface area (Å²) in [6.07, 6.45) is 1.48. The maximum atomic E-state index is 10.1. The molecule has 0 unspecified atom stereocenters. The van der Waals surface area contributed by atoms with Crippen molar-refractivity contribution in [3.8, 4) is 0 Å². The van der Waals surface area contributed by atoms with E-state index in [-0.39, 0.29) is 0 Å². The van der Waals surface area contributed by atoms with Gasteiger partial charge in [-0.05, 0) is 0 Å². The second kappa shape index (κ2) is 2.25. The minimum atomic E-state index is -1.12. The standard InChI is InChI=1S/C4H5N3O2/c8-4(9)7-3-5-1-2-6-7/h2-3H,1H2,(H,8,9). The van der Waals surface area contributed by atoms with Crippen LogP contribution in [0.25, 0.3) is 0 Å².